The van der Waals surface area contributed by atoms with E-state index in [2.05, 4.69) is 15.0 Å². The Kier molecular flexibility index (Phi) is 3.37. The van der Waals surface area contributed by atoms with Gasteiger partial charge in [-0.05, 0) is 23.9 Å². The minimum Gasteiger partial charge on any atom is -0.431 e. The van der Waals surface area contributed by atoms with Gasteiger partial charge in [0.2, 0.25) is 0 Å². The number of halogens is 1. The molecule has 0 unspecified atom stereocenters. The van der Waals surface area contributed by atoms with Crippen LogP contribution in [0.25, 0.3) is 11.1 Å². The van der Waals surface area contributed by atoms with Crippen LogP contribution in [0.2, 0.25) is 5.15 Å². The molecule has 1 N–H and O–H groups in total. The monoisotopic (exact) mass is 293 g/mol. The highest BCUT2D eigenvalue weighted by atomic mass is 35.5. The van der Waals surface area contributed by atoms with Crippen molar-refractivity contribution in [2.24, 2.45) is 0 Å². The Bertz CT molecular complexity index is 699. The molecule has 7 heteroatoms. The van der Waals surface area contributed by atoms with E-state index < -0.39 is 0 Å². The SMILES string of the molecule is OCc1c(Cl)ncnc1Sc1nc2ccccc2o1. The first-order valence-electron chi connectivity index (χ1n) is 5.41. The van der Waals surface area contributed by atoms with Crippen LogP contribution in [0.4, 0.5) is 0 Å². The molecule has 2 aromatic heterocycles. The van der Waals surface area contributed by atoms with Crippen molar-refractivity contribution >= 4 is 34.5 Å². The Morgan fingerprint density at radius 3 is 2.89 bits per heavy atom. The first-order valence-corrected chi connectivity index (χ1v) is 6.61. The summed E-state index contributed by atoms with van der Waals surface area (Å²) in [5.74, 6) is 0. The summed E-state index contributed by atoms with van der Waals surface area (Å²) in [5.41, 5.74) is 1.95. The molecule has 96 valence electrons. The molecule has 5 nitrogen and oxygen atoms in total. The Morgan fingerprint density at radius 2 is 2.11 bits per heavy atom. The second-order valence-electron chi connectivity index (χ2n) is 3.66. The maximum Gasteiger partial charge on any atom is 0.263 e. The summed E-state index contributed by atoms with van der Waals surface area (Å²) >= 11 is 7.10. The van der Waals surface area contributed by atoms with Gasteiger partial charge in [0.05, 0.1) is 6.61 Å². The predicted molar refractivity (Wildman–Crippen MR) is 71.1 cm³/mol. The van der Waals surface area contributed by atoms with Crippen molar-refractivity contribution in [3.63, 3.8) is 0 Å². The molecule has 19 heavy (non-hydrogen) atoms. The summed E-state index contributed by atoms with van der Waals surface area (Å²) in [4.78, 5) is 12.2. The molecule has 1 aromatic carbocycles. The Hall–Kier alpha value is -1.63. The first kappa shape index (κ1) is 12.4. The molecule has 0 fully saturated rings. The van der Waals surface area contributed by atoms with Crippen molar-refractivity contribution in [1.29, 1.82) is 0 Å². The van der Waals surface area contributed by atoms with Gasteiger partial charge in [-0.25, -0.2) is 15.0 Å². The summed E-state index contributed by atoms with van der Waals surface area (Å²) in [6.45, 7) is -0.234. The highest BCUT2D eigenvalue weighted by Crippen LogP contribution is 2.32. The van der Waals surface area contributed by atoms with E-state index in [-0.39, 0.29) is 11.8 Å². The standard InChI is InChI=1S/C12H8ClN3O2S/c13-10-7(5-17)11(15-6-14-10)19-12-16-8-3-1-2-4-9(8)18-12/h1-4,6,17H,5H2. The third-order valence-corrected chi connectivity index (χ3v) is 3.69. The zero-order valence-corrected chi connectivity index (χ0v) is 11.1. The van der Waals surface area contributed by atoms with Crippen LogP contribution in [0.5, 0.6) is 0 Å². The molecule has 0 aliphatic rings. The topological polar surface area (TPSA) is 72.0 Å². The van der Waals surface area contributed by atoms with Crippen molar-refractivity contribution in [2.75, 3.05) is 0 Å². The van der Waals surface area contributed by atoms with E-state index in [9.17, 15) is 5.11 Å². The molecule has 3 rings (SSSR count). The van der Waals surface area contributed by atoms with Gasteiger partial charge in [-0.2, -0.15) is 0 Å². The lowest BCUT2D eigenvalue weighted by atomic mass is 10.3. The van der Waals surface area contributed by atoms with Crippen molar-refractivity contribution in [3.05, 3.63) is 41.3 Å². The fraction of sp³-hybridized carbons (Fsp3) is 0.0833. The molecule has 0 aliphatic carbocycles. The summed E-state index contributed by atoms with van der Waals surface area (Å²) in [6, 6.07) is 7.47. The van der Waals surface area contributed by atoms with Gasteiger partial charge in [0, 0.05) is 5.56 Å². The van der Waals surface area contributed by atoms with E-state index >= 15 is 0 Å². The zero-order valence-electron chi connectivity index (χ0n) is 9.58. The van der Waals surface area contributed by atoms with Crippen LogP contribution in [0, 0.1) is 0 Å². The highest BCUT2D eigenvalue weighted by Gasteiger charge is 2.14. The number of benzene rings is 1. The third-order valence-electron chi connectivity index (χ3n) is 2.47. The molecule has 3 aromatic rings. The van der Waals surface area contributed by atoms with Crippen molar-refractivity contribution in [3.8, 4) is 0 Å². The molecule has 0 saturated carbocycles. The first-order chi connectivity index (χ1) is 9.28. The quantitative estimate of drug-likeness (QED) is 0.749. The van der Waals surface area contributed by atoms with Crippen molar-refractivity contribution in [1.82, 2.24) is 15.0 Å². The predicted octanol–water partition coefficient (Wildman–Crippen LogP) is 2.91. The number of hydrogen-bond acceptors (Lipinski definition) is 6. The molecule has 0 atom stereocenters. The van der Waals surface area contributed by atoms with Gasteiger partial charge in [0.1, 0.15) is 22.0 Å². The van der Waals surface area contributed by atoms with Crippen LogP contribution in [0.3, 0.4) is 0 Å². The lowest BCUT2D eigenvalue weighted by Crippen LogP contribution is -1.95. The van der Waals surface area contributed by atoms with Gasteiger partial charge < -0.3 is 9.52 Å². The van der Waals surface area contributed by atoms with Crippen LogP contribution in [-0.2, 0) is 6.61 Å². The van der Waals surface area contributed by atoms with Gasteiger partial charge in [-0.15, -0.1) is 0 Å². The molecule has 0 bridgehead atoms. The normalized spacial score (nSPS) is 11.1. The second kappa shape index (κ2) is 5.16. The Balaban J connectivity index is 1.99. The molecular formula is C12H8ClN3O2S. The van der Waals surface area contributed by atoms with Gasteiger partial charge in [-0.1, -0.05) is 23.7 Å². The Morgan fingerprint density at radius 1 is 1.26 bits per heavy atom. The number of para-hydroxylation sites is 2. The maximum absolute atomic E-state index is 9.29. The molecule has 0 radical (unpaired) electrons. The average molecular weight is 294 g/mol. The van der Waals surface area contributed by atoms with Crippen LogP contribution in [0.15, 0.2) is 45.3 Å². The molecule has 0 amide bonds. The number of aliphatic hydroxyl groups excluding tert-OH is 1. The van der Waals surface area contributed by atoms with Gasteiger partial charge >= 0.3 is 0 Å². The van der Waals surface area contributed by atoms with E-state index in [1.807, 2.05) is 24.3 Å². The third kappa shape index (κ3) is 2.42. The van der Waals surface area contributed by atoms with E-state index in [1.165, 1.54) is 18.1 Å². The number of nitrogens with zero attached hydrogens (tertiary/aromatic N) is 3. The van der Waals surface area contributed by atoms with Gasteiger partial charge in [0.15, 0.2) is 5.58 Å². The number of aliphatic hydroxyl groups is 1. The average Bonchev–Trinajstić information content (AvgIpc) is 2.81. The highest BCUT2D eigenvalue weighted by molar-refractivity contribution is 7.99. The molecule has 0 saturated heterocycles. The van der Waals surface area contributed by atoms with Gasteiger partial charge in [-0.3, -0.25) is 0 Å². The molecule has 0 aliphatic heterocycles. The van der Waals surface area contributed by atoms with Crippen LogP contribution >= 0.6 is 23.4 Å². The summed E-state index contributed by atoms with van der Waals surface area (Å²) in [6.07, 6.45) is 1.34. The van der Waals surface area contributed by atoms with Crippen LogP contribution in [0.1, 0.15) is 5.56 Å². The smallest absolute Gasteiger partial charge is 0.263 e. The second-order valence-corrected chi connectivity index (χ2v) is 4.95. The molecule has 2 heterocycles. The summed E-state index contributed by atoms with van der Waals surface area (Å²) < 4.78 is 5.58. The fourth-order valence-corrected chi connectivity index (χ4v) is 2.65. The van der Waals surface area contributed by atoms with E-state index in [4.69, 9.17) is 16.0 Å². The minimum atomic E-state index is -0.234. The fourth-order valence-electron chi connectivity index (χ4n) is 1.57. The number of aromatic nitrogens is 3. The number of fused-ring (bicyclic) bond motifs is 1. The van der Waals surface area contributed by atoms with Crippen molar-refractivity contribution < 1.29 is 9.52 Å². The number of oxazole rings is 1. The molecular weight excluding hydrogens is 286 g/mol. The van der Waals surface area contributed by atoms with E-state index in [0.717, 1.165) is 5.52 Å². The lowest BCUT2D eigenvalue weighted by molar-refractivity contribution is 0.277. The number of rotatable bonds is 3. The maximum atomic E-state index is 9.29. The minimum absolute atomic E-state index is 0.233. The zero-order chi connectivity index (χ0) is 13.2. The largest absolute Gasteiger partial charge is 0.431 e. The molecule has 0 spiro atoms. The lowest BCUT2D eigenvalue weighted by Gasteiger charge is -2.03. The summed E-state index contributed by atoms with van der Waals surface area (Å²) in [7, 11) is 0. The Labute approximate surface area is 117 Å². The van der Waals surface area contributed by atoms with Gasteiger partial charge in [0.25, 0.3) is 5.22 Å². The number of hydrogen-bond donors (Lipinski definition) is 1. The summed E-state index contributed by atoms with van der Waals surface area (Å²) in [5, 5.41) is 10.5. The van der Waals surface area contributed by atoms with Crippen LogP contribution < -0.4 is 0 Å². The van der Waals surface area contributed by atoms with Crippen LogP contribution in [-0.4, -0.2) is 20.1 Å². The van der Waals surface area contributed by atoms with E-state index in [0.29, 0.717) is 21.4 Å². The van der Waals surface area contributed by atoms with E-state index in [1.54, 1.807) is 0 Å². The van der Waals surface area contributed by atoms with Crippen molar-refractivity contribution in [2.45, 2.75) is 16.9 Å².